The van der Waals surface area contributed by atoms with Crippen molar-refractivity contribution >= 4 is 45.3 Å². The Hall–Kier alpha value is -4.56. The number of aromatic nitrogens is 3. The first-order chi connectivity index (χ1) is 17.1. The van der Waals surface area contributed by atoms with E-state index in [1.807, 2.05) is 48.5 Å². The van der Waals surface area contributed by atoms with Crippen LogP contribution in [0.2, 0.25) is 0 Å². The van der Waals surface area contributed by atoms with E-state index >= 15 is 0 Å². The summed E-state index contributed by atoms with van der Waals surface area (Å²) in [5, 5.41) is 11.0. The number of para-hydroxylation sites is 1. The first-order valence-corrected chi connectivity index (χ1v) is 11.4. The summed E-state index contributed by atoms with van der Waals surface area (Å²) in [5.74, 6) is -0.393. The summed E-state index contributed by atoms with van der Waals surface area (Å²) in [6, 6.07) is 20.7. The van der Waals surface area contributed by atoms with Crippen molar-refractivity contribution in [3.8, 4) is 0 Å². The molecule has 0 fully saturated rings. The van der Waals surface area contributed by atoms with Crippen LogP contribution in [0, 0.1) is 0 Å². The number of anilines is 2. The number of aromatic amines is 1. The quantitative estimate of drug-likeness (QED) is 0.319. The molecule has 0 bridgehead atoms. The summed E-state index contributed by atoms with van der Waals surface area (Å²) < 4.78 is 0. The predicted octanol–water partition coefficient (Wildman–Crippen LogP) is 4.26. The van der Waals surface area contributed by atoms with Crippen LogP contribution in [-0.2, 0) is 13.0 Å². The second-order valence-corrected chi connectivity index (χ2v) is 8.52. The van der Waals surface area contributed by atoms with Gasteiger partial charge in [0, 0.05) is 23.8 Å². The lowest BCUT2D eigenvalue weighted by Crippen LogP contribution is -2.23. The molecule has 0 unspecified atom stereocenters. The third kappa shape index (κ3) is 4.11. The Kier molecular flexibility index (Phi) is 5.20. The summed E-state index contributed by atoms with van der Waals surface area (Å²) in [4.78, 5) is 37.7. The zero-order valence-electron chi connectivity index (χ0n) is 18.8. The van der Waals surface area contributed by atoms with Crippen molar-refractivity contribution in [1.82, 2.24) is 20.3 Å². The van der Waals surface area contributed by atoms with E-state index in [4.69, 9.17) is 0 Å². The number of carbonyl (C=O) groups excluding carboxylic acids is 2. The van der Waals surface area contributed by atoms with E-state index in [0.29, 0.717) is 16.6 Å². The molecule has 1 aliphatic rings. The van der Waals surface area contributed by atoms with E-state index < -0.39 is 0 Å². The number of benzene rings is 3. The third-order valence-corrected chi connectivity index (χ3v) is 6.20. The highest BCUT2D eigenvalue weighted by molar-refractivity contribution is 6.12. The number of fused-ring (bicyclic) bond motifs is 3. The van der Waals surface area contributed by atoms with Gasteiger partial charge in [-0.3, -0.25) is 19.9 Å². The predicted molar refractivity (Wildman–Crippen MR) is 136 cm³/mol. The molecule has 2 aromatic heterocycles. The lowest BCUT2D eigenvalue weighted by molar-refractivity contribution is 0.101. The fourth-order valence-corrected chi connectivity index (χ4v) is 4.41. The minimum Gasteiger partial charge on any atom is -0.324 e. The fourth-order valence-electron chi connectivity index (χ4n) is 4.41. The maximum Gasteiger partial charge on any atom is 0.276 e. The number of H-pyrrole nitrogens is 1. The van der Waals surface area contributed by atoms with Gasteiger partial charge in [-0.05, 0) is 59.8 Å². The first-order valence-electron chi connectivity index (χ1n) is 11.4. The molecule has 1 aliphatic heterocycles. The second-order valence-electron chi connectivity index (χ2n) is 8.52. The van der Waals surface area contributed by atoms with Gasteiger partial charge in [0.05, 0.1) is 11.1 Å². The van der Waals surface area contributed by atoms with Crippen molar-refractivity contribution in [2.24, 2.45) is 0 Å². The van der Waals surface area contributed by atoms with E-state index in [1.165, 1.54) is 11.1 Å². The van der Waals surface area contributed by atoms with Crippen molar-refractivity contribution in [2.75, 3.05) is 17.2 Å². The molecule has 4 N–H and O–H groups in total. The second kappa shape index (κ2) is 8.66. The van der Waals surface area contributed by atoms with Gasteiger partial charge in [0.25, 0.3) is 11.8 Å². The highest BCUT2D eigenvalue weighted by Gasteiger charge is 2.17. The number of nitrogens with zero attached hydrogens (tertiary/aromatic N) is 2. The number of carbonyl (C=O) groups is 2. The van der Waals surface area contributed by atoms with Crippen LogP contribution in [0.4, 0.5) is 11.6 Å². The third-order valence-electron chi connectivity index (χ3n) is 6.20. The van der Waals surface area contributed by atoms with Crippen LogP contribution in [0.1, 0.15) is 32.0 Å². The van der Waals surface area contributed by atoms with E-state index in [0.717, 1.165) is 36.0 Å². The molecular formula is C27H22N6O2. The number of imidazole rings is 1. The van der Waals surface area contributed by atoms with Gasteiger partial charge in [0.1, 0.15) is 11.2 Å². The average Bonchev–Trinajstić information content (AvgIpc) is 3.30. The molecule has 0 spiro atoms. The van der Waals surface area contributed by atoms with Gasteiger partial charge >= 0.3 is 0 Å². The molecule has 2 amide bonds. The summed E-state index contributed by atoms with van der Waals surface area (Å²) in [5.41, 5.74) is 5.08. The van der Waals surface area contributed by atoms with Gasteiger partial charge in [-0.25, -0.2) is 4.98 Å². The lowest BCUT2D eigenvalue weighted by atomic mass is 10.0. The maximum atomic E-state index is 13.1. The van der Waals surface area contributed by atoms with Crippen LogP contribution in [0.15, 0.2) is 72.9 Å². The van der Waals surface area contributed by atoms with Crippen LogP contribution in [-0.4, -0.2) is 33.3 Å². The largest absolute Gasteiger partial charge is 0.324 e. The molecule has 8 nitrogen and oxygen atoms in total. The Labute approximate surface area is 200 Å². The van der Waals surface area contributed by atoms with E-state index in [1.54, 1.807) is 24.4 Å². The van der Waals surface area contributed by atoms with Gasteiger partial charge in [-0.15, -0.1) is 0 Å². The van der Waals surface area contributed by atoms with Gasteiger partial charge in [0.2, 0.25) is 5.95 Å². The molecule has 172 valence electrons. The van der Waals surface area contributed by atoms with Gasteiger partial charge < -0.3 is 15.6 Å². The minimum atomic E-state index is -0.385. The Bertz CT molecular complexity index is 1610. The number of nitrogens with one attached hydrogen (secondary N) is 4. The van der Waals surface area contributed by atoms with Crippen LogP contribution in [0.25, 0.3) is 21.8 Å². The smallest absolute Gasteiger partial charge is 0.276 e. The summed E-state index contributed by atoms with van der Waals surface area (Å²) >= 11 is 0. The minimum absolute atomic E-state index is 0.251. The van der Waals surface area contributed by atoms with Crippen molar-refractivity contribution in [2.45, 2.75) is 13.0 Å². The normalized spacial score (nSPS) is 12.9. The Morgan fingerprint density at radius 3 is 2.66 bits per heavy atom. The molecule has 0 aliphatic carbocycles. The van der Waals surface area contributed by atoms with E-state index in [-0.39, 0.29) is 23.5 Å². The summed E-state index contributed by atoms with van der Waals surface area (Å²) in [7, 11) is 0. The number of pyridine rings is 1. The number of hydrogen-bond donors (Lipinski definition) is 4. The number of hydrogen-bond acceptors (Lipinski definition) is 5. The molecule has 0 saturated carbocycles. The Morgan fingerprint density at radius 1 is 0.857 bits per heavy atom. The zero-order valence-corrected chi connectivity index (χ0v) is 18.8. The molecule has 35 heavy (non-hydrogen) atoms. The molecule has 6 rings (SSSR count). The maximum absolute atomic E-state index is 13.1. The van der Waals surface area contributed by atoms with Gasteiger partial charge in [-0.2, -0.15) is 0 Å². The number of rotatable bonds is 4. The first kappa shape index (κ1) is 21.0. The molecule has 0 atom stereocenters. The molecule has 0 radical (unpaired) electrons. The van der Waals surface area contributed by atoms with Crippen molar-refractivity contribution < 1.29 is 9.59 Å². The van der Waals surface area contributed by atoms with Crippen LogP contribution in [0.5, 0.6) is 0 Å². The SMILES string of the molecule is O=C(Nc1nc2c(C(=O)Nc3ccc4c(c3)CCNC4)cccc2[nH]1)c1cc2ccccc2cn1. The average molecular weight is 463 g/mol. The zero-order chi connectivity index (χ0) is 23.8. The molecule has 0 saturated heterocycles. The molecule has 5 aromatic rings. The van der Waals surface area contributed by atoms with Crippen molar-refractivity contribution in [1.29, 1.82) is 0 Å². The van der Waals surface area contributed by atoms with Crippen LogP contribution in [0.3, 0.4) is 0 Å². The highest BCUT2D eigenvalue weighted by Crippen LogP contribution is 2.23. The summed E-state index contributed by atoms with van der Waals surface area (Å²) in [6.45, 7) is 1.78. The van der Waals surface area contributed by atoms with Gasteiger partial charge in [0.15, 0.2) is 0 Å². The summed E-state index contributed by atoms with van der Waals surface area (Å²) in [6.07, 6.45) is 2.60. The van der Waals surface area contributed by atoms with Crippen molar-refractivity contribution in [3.63, 3.8) is 0 Å². The lowest BCUT2D eigenvalue weighted by Gasteiger charge is -2.18. The van der Waals surface area contributed by atoms with E-state index in [9.17, 15) is 9.59 Å². The molecule has 3 heterocycles. The molecule has 3 aromatic carbocycles. The monoisotopic (exact) mass is 462 g/mol. The Morgan fingerprint density at radius 2 is 1.74 bits per heavy atom. The Balaban J connectivity index is 1.24. The van der Waals surface area contributed by atoms with Gasteiger partial charge in [-0.1, -0.05) is 36.4 Å². The topological polar surface area (TPSA) is 112 Å². The standard InChI is InChI=1S/C27H22N6O2/c34-25(30-20-9-8-19-14-28-11-10-17(19)12-20)21-6-3-7-22-24(21)32-27(31-22)33-26(35)23-13-16-4-1-2-5-18(16)15-29-23/h1-9,12-13,15,28H,10-11,14H2,(H,30,34)(H2,31,32,33,35). The highest BCUT2D eigenvalue weighted by atomic mass is 16.2. The number of amides is 2. The molecular weight excluding hydrogens is 440 g/mol. The fraction of sp³-hybridized carbons (Fsp3) is 0.111. The van der Waals surface area contributed by atoms with Crippen LogP contribution < -0.4 is 16.0 Å². The van der Waals surface area contributed by atoms with Crippen molar-refractivity contribution in [3.05, 3.63) is 95.3 Å². The molecule has 8 heteroatoms. The van der Waals surface area contributed by atoms with Crippen LogP contribution >= 0.6 is 0 Å². The van der Waals surface area contributed by atoms with E-state index in [2.05, 4.69) is 30.9 Å².